The summed E-state index contributed by atoms with van der Waals surface area (Å²) < 4.78 is 0. The zero-order chi connectivity index (χ0) is 12.3. The molecule has 1 heterocycles. The Hall–Kier alpha value is -1.69. The third-order valence-corrected chi connectivity index (χ3v) is 2.58. The third kappa shape index (κ3) is 3.67. The van der Waals surface area contributed by atoms with E-state index in [2.05, 4.69) is 15.6 Å². The molecule has 1 aromatic rings. The molecule has 6 heteroatoms. The van der Waals surface area contributed by atoms with E-state index in [9.17, 15) is 4.79 Å². The maximum atomic E-state index is 11.4. The van der Waals surface area contributed by atoms with Gasteiger partial charge in [0.15, 0.2) is 0 Å². The van der Waals surface area contributed by atoms with Crippen molar-refractivity contribution < 1.29 is 4.79 Å². The molecule has 0 atom stereocenters. The standard InChI is InChI=1S/C11H14N4OS/c12-11(17)8-2-1-3-9(15-8)13-6-10(16)14-7-4-5-7/h1-3,7H,4-6H2,(H2,12,17)(H,13,15)(H,14,16). The molecule has 1 aromatic heterocycles. The van der Waals surface area contributed by atoms with E-state index in [0.717, 1.165) is 12.8 Å². The van der Waals surface area contributed by atoms with Crippen molar-refractivity contribution in [3.05, 3.63) is 23.9 Å². The molecule has 0 saturated heterocycles. The number of rotatable bonds is 5. The Balaban J connectivity index is 1.87. The third-order valence-electron chi connectivity index (χ3n) is 2.37. The molecule has 2 rings (SSSR count). The van der Waals surface area contributed by atoms with E-state index in [-0.39, 0.29) is 17.4 Å². The van der Waals surface area contributed by atoms with E-state index in [1.807, 2.05) is 0 Å². The van der Waals surface area contributed by atoms with E-state index < -0.39 is 0 Å². The molecule has 0 unspecified atom stereocenters. The van der Waals surface area contributed by atoms with Crippen molar-refractivity contribution in [2.45, 2.75) is 18.9 Å². The van der Waals surface area contributed by atoms with Crippen LogP contribution in [0.1, 0.15) is 18.5 Å². The lowest BCUT2D eigenvalue weighted by Gasteiger charge is -2.07. The summed E-state index contributed by atoms with van der Waals surface area (Å²) in [5, 5.41) is 5.82. The van der Waals surface area contributed by atoms with Gasteiger partial charge in [-0.05, 0) is 25.0 Å². The Kier molecular flexibility index (Phi) is 3.53. The van der Waals surface area contributed by atoms with Crippen LogP contribution in [-0.4, -0.2) is 28.5 Å². The summed E-state index contributed by atoms with van der Waals surface area (Å²) in [7, 11) is 0. The first-order valence-corrected chi connectivity index (χ1v) is 5.86. The molecule has 90 valence electrons. The number of nitrogens with two attached hydrogens (primary N) is 1. The number of thiocarbonyl (C=S) groups is 1. The maximum Gasteiger partial charge on any atom is 0.239 e. The summed E-state index contributed by atoms with van der Waals surface area (Å²) in [6, 6.07) is 5.67. The summed E-state index contributed by atoms with van der Waals surface area (Å²) in [6.07, 6.45) is 2.17. The Morgan fingerprint density at radius 1 is 1.53 bits per heavy atom. The highest BCUT2D eigenvalue weighted by atomic mass is 32.1. The predicted molar refractivity (Wildman–Crippen MR) is 69.8 cm³/mol. The van der Waals surface area contributed by atoms with Gasteiger partial charge < -0.3 is 16.4 Å². The second-order valence-electron chi connectivity index (χ2n) is 3.97. The van der Waals surface area contributed by atoms with E-state index >= 15 is 0 Å². The van der Waals surface area contributed by atoms with Gasteiger partial charge in [0.1, 0.15) is 10.8 Å². The molecule has 1 saturated carbocycles. The molecular formula is C11H14N4OS. The van der Waals surface area contributed by atoms with Gasteiger partial charge in [-0.25, -0.2) is 4.98 Å². The number of nitrogens with zero attached hydrogens (tertiary/aromatic N) is 1. The molecule has 1 aliphatic rings. The fourth-order valence-corrected chi connectivity index (χ4v) is 1.46. The molecule has 0 radical (unpaired) electrons. The Labute approximate surface area is 105 Å². The second kappa shape index (κ2) is 5.09. The van der Waals surface area contributed by atoms with Crippen molar-refractivity contribution >= 4 is 28.9 Å². The first-order chi connectivity index (χ1) is 8.15. The first-order valence-electron chi connectivity index (χ1n) is 5.45. The Morgan fingerprint density at radius 3 is 2.94 bits per heavy atom. The number of nitrogens with one attached hydrogen (secondary N) is 2. The van der Waals surface area contributed by atoms with Gasteiger partial charge in [-0.2, -0.15) is 0 Å². The van der Waals surface area contributed by atoms with Gasteiger partial charge in [0, 0.05) is 6.04 Å². The van der Waals surface area contributed by atoms with Crippen LogP contribution in [0, 0.1) is 0 Å². The van der Waals surface area contributed by atoms with Crippen LogP contribution in [0.15, 0.2) is 18.2 Å². The summed E-state index contributed by atoms with van der Waals surface area (Å²) in [4.78, 5) is 15.9. The first kappa shape index (κ1) is 11.8. The molecule has 1 fully saturated rings. The molecule has 17 heavy (non-hydrogen) atoms. The molecule has 1 aliphatic carbocycles. The summed E-state index contributed by atoms with van der Waals surface area (Å²) in [5.74, 6) is 0.580. The number of pyridine rings is 1. The van der Waals surface area contributed by atoms with E-state index in [4.69, 9.17) is 18.0 Å². The zero-order valence-corrected chi connectivity index (χ0v) is 10.1. The fraction of sp³-hybridized carbons (Fsp3) is 0.364. The molecular weight excluding hydrogens is 236 g/mol. The van der Waals surface area contributed by atoms with Crippen LogP contribution < -0.4 is 16.4 Å². The molecule has 0 aromatic carbocycles. The minimum Gasteiger partial charge on any atom is -0.388 e. The minimum absolute atomic E-state index is 0.0185. The van der Waals surface area contributed by atoms with Gasteiger partial charge in [-0.1, -0.05) is 18.3 Å². The van der Waals surface area contributed by atoms with Crippen LogP contribution in [0.4, 0.5) is 5.82 Å². The van der Waals surface area contributed by atoms with Crippen LogP contribution in [0.2, 0.25) is 0 Å². The molecule has 0 bridgehead atoms. The largest absolute Gasteiger partial charge is 0.388 e. The molecule has 0 spiro atoms. The number of hydrogen-bond acceptors (Lipinski definition) is 4. The van der Waals surface area contributed by atoms with Crippen molar-refractivity contribution in [3.63, 3.8) is 0 Å². The van der Waals surface area contributed by atoms with Gasteiger partial charge in [0.05, 0.1) is 12.2 Å². The SMILES string of the molecule is NC(=S)c1cccc(NCC(=O)NC2CC2)n1. The zero-order valence-electron chi connectivity index (χ0n) is 9.27. The van der Waals surface area contributed by atoms with Gasteiger partial charge in [-0.15, -0.1) is 0 Å². The minimum atomic E-state index is -0.0185. The highest BCUT2D eigenvalue weighted by Crippen LogP contribution is 2.18. The van der Waals surface area contributed by atoms with E-state index in [0.29, 0.717) is 17.6 Å². The highest BCUT2D eigenvalue weighted by molar-refractivity contribution is 7.80. The van der Waals surface area contributed by atoms with E-state index in [1.165, 1.54) is 0 Å². The van der Waals surface area contributed by atoms with Crippen molar-refractivity contribution in [1.82, 2.24) is 10.3 Å². The number of anilines is 1. The molecule has 1 amide bonds. The quantitative estimate of drug-likeness (QED) is 0.659. The van der Waals surface area contributed by atoms with E-state index in [1.54, 1.807) is 18.2 Å². The monoisotopic (exact) mass is 250 g/mol. The van der Waals surface area contributed by atoms with Crippen molar-refractivity contribution in [3.8, 4) is 0 Å². The van der Waals surface area contributed by atoms with Crippen LogP contribution in [0.3, 0.4) is 0 Å². The van der Waals surface area contributed by atoms with Crippen LogP contribution in [0.25, 0.3) is 0 Å². The number of aromatic nitrogens is 1. The van der Waals surface area contributed by atoms with Crippen molar-refractivity contribution in [2.24, 2.45) is 5.73 Å². The lowest BCUT2D eigenvalue weighted by molar-refractivity contribution is -0.119. The van der Waals surface area contributed by atoms with Gasteiger partial charge in [-0.3, -0.25) is 4.79 Å². The number of carbonyl (C=O) groups is 1. The predicted octanol–water partition coefficient (Wildman–Crippen LogP) is 0.406. The number of hydrogen-bond donors (Lipinski definition) is 3. The van der Waals surface area contributed by atoms with Gasteiger partial charge in [0.25, 0.3) is 0 Å². The van der Waals surface area contributed by atoms with Crippen LogP contribution in [-0.2, 0) is 4.79 Å². The Morgan fingerprint density at radius 2 is 2.29 bits per heavy atom. The summed E-state index contributed by atoms with van der Waals surface area (Å²) in [5.41, 5.74) is 6.02. The lowest BCUT2D eigenvalue weighted by Crippen LogP contribution is -2.31. The summed E-state index contributed by atoms with van der Waals surface area (Å²) >= 11 is 4.83. The van der Waals surface area contributed by atoms with Gasteiger partial charge >= 0.3 is 0 Å². The average Bonchev–Trinajstić information content (AvgIpc) is 3.11. The normalized spacial score (nSPS) is 14.1. The van der Waals surface area contributed by atoms with Crippen LogP contribution >= 0.6 is 12.2 Å². The topological polar surface area (TPSA) is 80.0 Å². The average molecular weight is 250 g/mol. The Bertz CT molecular complexity index is 445. The second-order valence-corrected chi connectivity index (χ2v) is 4.41. The smallest absolute Gasteiger partial charge is 0.239 e. The molecule has 0 aliphatic heterocycles. The number of carbonyl (C=O) groups excluding carboxylic acids is 1. The lowest BCUT2D eigenvalue weighted by atomic mass is 10.3. The highest BCUT2D eigenvalue weighted by Gasteiger charge is 2.22. The summed E-state index contributed by atoms with van der Waals surface area (Å²) in [6.45, 7) is 0.213. The molecule has 5 nitrogen and oxygen atoms in total. The number of amides is 1. The van der Waals surface area contributed by atoms with Crippen LogP contribution in [0.5, 0.6) is 0 Å². The van der Waals surface area contributed by atoms with Crippen molar-refractivity contribution in [2.75, 3.05) is 11.9 Å². The van der Waals surface area contributed by atoms with Crippen molar-refractivity contribution in [1.29, 1.82) is 0 Å². The maximum absolute atomic E-state index is 11.4. The molecule has 4 N–H and O–H groups in total. The van der Waals surface area contributed by atoms with Gasteiger partial charge in [0.2, 0.25) is 5.91 Å². The fourth-order valence-electron chi connectivity index (χ4n) is 1.35.